The minimum absolute atomic E-state index is 0.128. The summed E-state index contributed by atoms with van der Waals surface area (Å²) in [5.74, 6) is 0.513. The monoisotopic (exact) mass is 301 g/mol. The summed E-state index contributed by atoms with van der Waals surface area (Å²) < 4.78 is 30.0. The molecule has 21 heavy (non-hydrogen) atoms. The van der Waals surface area contributed by atoms with E-state index in [2.05, 4.69) is 0 Å². The number of sulfone groups is 1. The van der Waals surface area contributed by atoms with Gasteiger partial charge in [-0.05, 0) is 48.9 Å². The summed E-state index contributed by atoms with van der Waals surface area (Å²) in [6, 6.07) is 15.0. The van der Waals surface area contributed by atoms with Crippen LogP contribution in [0.5, 0.6) is 5.75 Å². The minimum atomic E-state index is -3.43. The maximum absolute atomic E-state index is 12.3. The Labute approximate surface area is 124 Å². The summed E-state index contributed by atoms with van der Waals surface area (Å²) in [6.07, 6.45) is 0. The molecule has 108 valence electrons. The average Bonchev–Trinajstić information content (AvgIpc) is 2.48. The summed E-state index contributed by atoms with van der Waals surface area (Å²) in [4.78, 5) is 0.244. The van der Waals surface area contributed by atoms with Gasteiger partial charge in [0, 0.05) is 0 Å². The first-order valence-corrected chi connectivity index (χ1v) is 8.15. The van der Waals surface area contributed by atoms with Crippen molar-refractivity contribution in [2.75, 3.05) is 6.61 Å². The third-order valence-electron chi connectivity index (χ3n) is 2.91. The van der Waals surface area contributed by atoms with Crippen molar-refractivity contribution in [3.05, 3.63) is 59.7 Å². The highest BCUT2D eigenvalue weighted by atomic mass is 32.2. The van der Waals surface area contributed by atoms with Crippen LogP contribution in [0.15, 0.2) is 53.4 Å². The number of nitrogens with zero attached hydrogens (tertiary/aromatic N) is 1. The molecule has 2 aromatic carbocycles. The van der Waals surface area contributed by atoms with Crippen LogP contribution in [0.1, 0.15) is 18.1 Å². The summed E-state index contributed by atoms with van der Waals surface area (Å²) in [5, 5.41) is 8.85. The van der Waals surface area contributed by atoms with Gasteiger partial charge in [-0.2, -0.15) is 5.26 Å². The molecule has 0 aliphatic carbocycles. The van der Waals surface area contributed by atoms with Crippen molar-refractivity contribution in [2.24, 2.45) is 0 Å². The SMILES string of the molecule is CCOc1ccc(S(=O)(=O)Cc2cccc(C#N)c2)cc1. The fourth-order valence-corrected chi connectivity index (χ4v) is 3.28. The molecule has 0 aliphatic heterocycles. The van der Waals surface area contributed by atoms with Crippen LogP contribution in [-0.2, 0) is 15.6 Å². The second-order valence-electron chi connectivity index (χ2n) is 4.48. The van der Waals surface area contributed by atoms with E-state index in [1.807, 2.05) is 13.0 Å². The molecule has 0 spiro atoms. The molecule has 0 N–H and O–H groups in total. The molecule has 0 heterocycles. The van der Waals surface area contributed by atoms with Crippen molar-refractivity contribution in [3.63, 3.8) is 0 Å². The van der Waals surface area contributed by atoms with Crippen molar-refractivity contribution in [2.45, 2.75) is 17.6 Å². The van der Waals surface area contributed by atoms with Gasteiger partial charge in [-0.15, -0.1) is 0 Å². The van der Waals surface area contributed by atoms with Crippen LogP contribution in [0, 0.1) is 11.3 Å². The molecule has 4 nitrogen and oxygen atoms in total. The van der Waals surface area contributed by atoms with Crippen molar-refractivity contribution in [1.82, 2.24) is 0 Å². The molecule has 0 saturated carbocycles. The lowest BCUT2D eigenvalue weighted by atomic mass is 10.2. The summed E-state index contributed by atoms with van der Waals surface area (Å²) in [6.45, 7) is 2.40. The predicted octanol–water partition coefficient (Wildman–Crippen LogP) is 2.93. The van der Waals surface area contributed by atoms with E-state index in [1.54, 1.807) is 36.4 Å². The third kappa shape index (κ3) is 3.83. The molecule has 5 heteroatoms. The summed E-state index contributed by atoms with van der Waals surface area (Å²) in [7, 11) is -3.43. The van der Waals surface area contributed by atoms with E-state index in [9.17, 15) is 8.42 Å². The first-order valence-electron chi connectivity index (χ1n) is 6.50. The summed E-state index contributed by atoms with van der Waals surface area (Å²) >= 11 is 0. The Bertz CT molecular complexity index is 759. The first-order chi connectivity index (χ1) is 10.0. The Morgan fingerprint density at radius 3 is 2.48 bits per heavy atom. The lowest BCUT2D eigenvalue weighted by Crippen LogP contribution is -2.05. The van der Waals surface area contributed by atoms with Crippen molar-refractivity contribution >= 4 is 9.84 Å². The van der Waals surface area contributed by atoms with Crippen molar-refractivity contribution < 1.29 is 13.2 Å². The van der Waals surface area contributed by atoms with Crippen molar-refractivity contribution in [3.8, 4) is 11.8 Å². The normalized spacial score (nSPS) is 10.9. The molecular weight excluding hydrogens is 286 g/mol. The highest BCUT2D eigenvalue weighted by Crippen LogP contribution is 2.20. The predicted molar refractivity (Wildman–Crippen MR) is 79.7 cm³/mol. The van der Waals surface area contributed by atoms with Crippen LogP contribution in [0.25, 0.3) is 0 Å². The molecule has 0 amide bonds. The van der Waals surface area contributed by atoms with E-state index in [1.165, 1.54) is 12.1 Å². The Hall–Kier alpha value is -2.32. The molecule has 0 radical (unpaired) electrons. The zero-order valence-electron chi connectivity index (χ0n) is 11.6. The van der Waals surface area contributed by atoms with Crippen LogP contribution < -0.4 is 4.74 Å². The van der Waals surface area contributed by atoms with Gasteiger partial charge in [-0.3, -0.25) is 0 Å². The largest absolute Gasteiger partial charge is 0.494 e. The van der Waals surface area contributed by atoms with E-state index in [4.69, 9.17) is 10.00 Å². The smallest absolute Gasteiger partial charge is 0.182 e. The molecule has 0 aliphatic rings. The standard InChI is InChI=1S/C16H15NO3S/c1-2-20-15-6-8-16(9-7-15)21(18,19)12-14-5-3-4-13(10-14)11-17/h3-10H,2,12H2,1H3. The van der Waals surface area contributed by atoms with E-state index < -0.39 is 9.84 Å². The van der Waals surface area contributed by atoms with Crippen LogP contribution in [0.2, 0.25) is 0 Å². The van der Waals surface area contributed by atoms with Gasteiger partial charge in [0.15, 0.2) is 9.84 Å². The van der Waals surface area contributed by atoms with Gasteiger partial charge in [-0.1, -0.05) is 12.1 Å². The Morgan fingerprint density at radius 1 is 1.14 bits per heavy atom. The average molecular weight is 301 g/mol. The zero-order valence-corrected chi connectivity index (χ0v) is 12.4. The van der Waals surface area contributed by atoms with E-state index in [0.717, 1.165) is 0 Å². The zero-order chi connectivity index (χ0) is 15.3. The highest BCUT2D eigenvalue weighted by Gasteiger charge is 2.15. The first kappa shape index (κ1) is 15.1. The molecular formula is C16H15NO3S. The van der Waals surface area contributed by atoms with Gasteiger partial charge in [0.05, 0.1) is 28.9 Å². The van der Waals surface area contributed by atoms with Gasteiger partial charge in [-0.25, -0.2) is 8.42 Å². The quantitative estimate of drug-likeness (QED) is 0.851. The lowest BCUT2D eigenvalue weighted by molar-refractivity contribution is 0.340. The molecule has 0 fully saturated rings. The van der Waals surface area contributed by atoms with E-state index in [-0.39, 0.29) is 10.6 Å². The minimum Gasteiger partial charge on any atom is -0.494 e. The number of nitriles is 1. The Morgan fingerprint density at radius 2 is 1.86 bits per heavy atom. The number of rotatable bonds is 5. The second kappa shape index (κ2) is 6.42. The second-order valence-corrected chi connectivity index (χ2v) is 6.47. The molecule has 0 unspecified atom stereocenters. The van der Waals surface area contributed by atoms with Gasteiger partial charge in [0.1, 0.15) is 5.75 Å². The maximum atomic E-state index is 12.3. The van der Waals surface area contributed by atoms with Gasteiger partial charge < -0.3 is 4.74 Å². The van der Waals surface area contributed by atoms with Crippen molar-refractivity contribution in [1.29, 1.82) is 5.26 Å². The van der Waals surface area contributed by atoms with Gasteiger partial charge in [0.25, 0.3) is 0 Å². The number of hydrogen-bond acceptors (Lipinski definition) is 4. The molecule has 0 saturated heterocycles. The van der Waals surface area contributed by atoms with Crippen LogP contribution in [-0.4, -0.2) is 15.0 Å². The fraction of sp³-hybridized carbons (Fsp3) is 0.188. The van der Waals surface area contributed by atoms with E-state index in [0.29, 0.717) is 23.5 Å². The van der Waals surface area contributed by atoms with Crippen LogP contribution in [0.3, 0.4) is 0 Å². The Balaban J connectivity index is 2.23. The molecule has 2 rings (SSSR count). The van der Waals surface area contributed by atoms with E-state index >= 15 is 0 Å². The van der Waals surface area contributed by atoms with Crippen LogP contribution >= 0.6 is 0 Å². The number of ether oxygens (including phenoxy) is 1. The third-order valence-corrected chi connectivity index (χ3v) is 4.61. The fourth-order valence-electron chi connectivity index (χ4n) is 1.94. The highest BCUT2D eigenvalue weighted by molar-refractivity contribution is 7.90. The maximum Gasteiger partial charge on any atom is 0.182 e. The molecule has 2 aromatic rings. The topological polar surface area (TPSA) is 67.2 Å². The molecule has 0 aromatic heterocycles. The summed E-state index contributed by atoms with van der Waals surface area (Å²) in [5.41, 5.74) is 1.05. The number of hydrogen-bond donors (Lipinski definition) is 0. The Kier molecular flexibility index (Phi) is 4.61. The van der Waals surface area contributed by atoms with Crippen LogP contribution in [0.4, 0.5) is 0 Å². The van der Waals surface area contributed by atoms with Gasteiger partial charge in [0.2, 0.25) is 0 Å². The lowest BCUT2D eigenvalue weighted by Gasteiger charge is -2.07. The number of benzene rings is 2. The van der Waals surface area contributed by atoms with Gasteiger partial charge >= 0.3 is 0 Å². The molecule has 0 atom stereocenters. The molecule has 0 bridgehead atoms.